The van der Waals surface area contributed by atoms with E-state index >= 15 is 0 Å². The van der Waals surface area contributed by atoms with E-state index < -0.39 is 5.60 Å². The van der Waals surface area contributed by atoms with Gasteiger partial charge in [-0.15, -0.1) is 0 Å². The molecule has 4 nitrogen and oxygen atoms in total. The van der Waals surface area contributed by atoms with Crippen LogP contribution < -0.4 is 11.1 Å². The molecule has 1 aliphatic rings. The fraction of sp³-hybridized carbons (Fsp3) is 0.938. The van der Waals surface area contributed by atoms with Gasteiger partial charge in [-0.25, -0.2) is 4.79 Å². The summed E-state index contributed by atoms with van der Waals surface area (Å²) in [5, 5.41) is 3.14. The standard InChI is InChI=1S/C16H32N2O2/c1-14(2,3)20-13(19)18-16(9-7-6-8-10-16)12-11-15(4,5)17/h6-12,17H2,1-5H3,(H,18,19). The largest absolute Gasteiger partial charge is 0.444 e. The van der Waals surface area contributed by atoms with Crippen LogP contribution >= 0.6 is 0 Å². The third kappa shape index (κ3) is 6.60. The van der Waals surface area contributed by atoms with Crippen molar-refractivity contribution in [1.29, 1.82) is 0 Å². The first-order valence-corrected chi connectivity index (χ1v) is 7.82. The van der Waals surface area contributed by atoms with Gasteiger partial charge in [0.15, 0.2) is 0 Å². The lowest BCUT2D eigenvalue weighted by atomic mass is 9.76. The lowest BCUT2D eigenvalue weighted by Gasteiger charge is -2.40. The number of amides is 1. The van der Waals surface area contributed by atoms with Crippen molar-refractivity contribution in [2.45, 2.75) is 96.2 Å². The molecule has 0 aromatic carbocycles. The van der Waals surface area contributed by atoms with Crippen molar-refractivity contribution in [3.8, 4) is 0 Å². The molecule has 0 spiro atoms. The molecule has 118 valence electrons. The minimum atomic E-state index is -0.451. The van der Waals surface area contributed by atoms with Crippen LogP contribution in [0.5, 0.6) is 0 Å². The Labute approximate surface area is 123 Å². The molecule has 0 unspecified atom stereocenters. The zero-order valence-corrected chi connectivity index (χ0v) is 13.8. The van der Waals surface area contributed by atoms with E-state index in [4.69, 9.17) is 10.5 Å². The predicted molar refractivity (Wildman–Crippen MR) is 82.7 cm³/mol. The van der Waals surface area contributed by atoms with Gasteiger partial charge >= 0.3 is 6.09 Å². The molecular formula is C16H32N2O2. The van der Waals surface area contributed by atoms with Crippen LogP contribution in [0.3, 0.4) is 0 Å². The summed E-state index contributed by atoms with van der Waals surface area (Å²) in [6.45, 7) is 9.75. The minimum absolute atomic E-state index is 0.128. The molecule has 1 amide bonds. The van der Waals surface area contributed by atoms with Gasteiger partial charge in [-0.3, -0.25) is 0 Å². The van der Waals surface area contributed by atoms with Crippen molar-refractivity contribution in [2.24, 2.45) is 5.73 Å². The monoisotopic (exact) mass is 284 g/mol. The second-order valence-electron chi connectivity index (χ2n) is 7.96. The number of rotatable bonds is 4. The number of ether oxygens (including phenoxy) is 1. The molecule has 0 aromatic heterocycles. The zero-order chi connectivity index (χ0) is 15.4. The maximum Gasteiger partial charge on any atom is 0.408 e. The van der Waals surface area contributed by atoms with Crippen molar-refractivity contribution in [2.75, 3.05) is 0 Å². The van der Waals surface area contributed by atoms with Gasteiger partial charge in [-0.05, 0) is 60.3 Å². The fourth-order valence-electron chi connectivity index (χ4n) is 2.75. The van der Waals surface area contributed by atoms with Crippen LogP contribution in [0, 0.1) is 0 Å². The number of hydrogen-bond donors (Lipinski definition) is 2. The Hall–Kier alpha value is -0.770. The molecule has 0 bridgehead atoms. The molecule has 1 rings (SSSR count). The van der Waals surface area contributed by atoms with Crippen LogP contribution in [0.2, 0.25) is 0 Å². The molecule has 0 aromatic rings. The first-order chi connectivity index (χ1) is 9.02. The van der Waals surface area contributed by atoms with Crippen molar-refractivity contribution >= 4 is 6.09 Å². The van der Waals surface area contributed by atoms with E-state index in [1.165, 1.54) is 19.3 Å². The smallest absolute Gasteiger partial charge is 0.408 e. The molecule has 3 N–H and O–H groups in total. The van der Waals surface area contributed by atoms with Crippen LogP contribution in [0.4, 0.5) is 4.79 Å². The summed E-state index contributed by atoms with van der Waals surface area (Å²) in [4.78, 5) is 12.1. The van der Waals surface area contributed by atoms with Gasteiger partial charge < -0.3 is 15.8 Å². The van der Waals surface area contributed by atoms with Crippen LogP contribution in [-0.2, 0) is 4.74 Å². The van der Waals surface area contributed by atoms with E-state index in [0.717, 1.165) is 25.7 Å². The van der Waals surface area contributed by atoms with Crippen LogP contribution in [0.1, 0.15) is 79.6 Å². The van der Waals surface area contributed by atoms with Gasteiger partial charge in [-0.1, -0.05) is 19.3 Å². The van der Waals surface area contributed by atoms with Gasteiger partial charge in [0.25, 0.3) is 0 Å². The van der Waals surface area contributed by atoms with E-state index in [0.29, 0.717) is 0 Å². The summed E-state index contributed by atoms with van der Waals surface area (Å²) in [6.07, 6.45) is 7.18. The Morgan fingerprint density at radius 2 is 1.70 bits per heavy atom. The van der Waals surface area contributed by atoms with Gasteiger partial charge in [0.2, 0.25) is 0 Å². The van der Waals surface area contributed by atoms with E-state index in [-0.39, 0.29) is 17.2 Å². The molecule has 0 aliphatic heterocycles. The number of carbonyl (C=O) groups excluding carboxylic acids is 1. The summed E-state index contributed by atoms with van der Waals surface area (Å²) < 4.78 is 5.42. The highest BCUT2D eigenvalue weighted by atomic mass is 16.6. The van der Waals surface area contributed by atoms with E-state index in [1.54, 1.807) is 0 Å². The lowest BCUT2D eigenvalue weighted by Crippen LogP contribution is -2.52. The van der Waals surface area contributed by atoms with Crippen LogP contribution in [0.25, 0.3) is 0 Å². The summed E-state index contributed by atoms with van der Waals surface area (Å²) in [6, 6.07) is 0. The third-order valence-electron chi connectivity index (χ3n) is 3.82. The van der Waals surface area contributed by atoms with Crippen molar-refractivity contribution in [1.82, 2.24) is 5.32 Å². The number of nitrogens with one attached hydrogen (secondary N) is 1. The Morgan fingerprint density at radius 1 is 1.15 bits per heavy atom. The Kier molecular flexibility index (Phi) is 5.47. The summed E-state index contributed by atoms with van der Waals surface area (Å²) >= 11 is 0. The average Bonchev–Trinajstić information content (AvgIpc) is 2.24. The van der Waals surface area contributed by atoms with Crippen LogP contribution in [0.15, 0.2) is 0 Å². The van der Waals surface area contributed by atoms with Gasteiger partial charge in [-0.2, -0.15) is 0 Å². The molecule has 1 fully saturated rings. The number of alkyl carbamates (subject to hydrolysis) is 1. The van der Waals surface area contributed by atoms with E-state index in [2.05, 4.69) is 5.32 Å². The van der Waals surface area contributed by atoms with Crippen molar-refractivity contribution < 1.29 is 9.53 Å². The Bertz CT molecular complexity index is 320. The van der Waals surface area contributed by atoms with Gasteiger partial charge in [0, 0.05) is 11.1 Å². The highest BCUT2D eigenvalue weighted by Gasteiger charge is 2.35. The van der Waals surface area contributed by atoms with E-state index in [9.17, 15) is 4.79 Å². The first kappa shape index (κ1) is 17.3. The predicted octanol–water partition coefficient (Wildman–Crippen LogP) is 3.73. The maximum absolute atomic E-state index is 12.1. The first-order valence-electron chi connectivity index (χ1n) is 7.82. The Morgan fingerprint density at radius 3 is 2.15 bits per heavy atom. The maximum atomic E-state index is 12.1. The highest BCUT2D eigenvalue weighted by molar-refractivity contribution is 5.68. The zero-order valence-electron chi connectivity index (χ0n) is 13.8. The third-order valence-corrected chi connectivity index (χ3v) is 3.82. The van der Waals surface area contributed by atoms with Crippen LogP contribution in [-0.4, -0.2) is 22.8 Å². The number of hydrogen-bond acceptors (Lipinski definition) is 3. The summed E-state index contributed by atoms with van der Waals surface area (Å²) in [5.41, 5.74) is 5.33. The average molecular weight is 284 g/mol. The minimum Gasteiger partial charge on any atom is -0.444 e. The molecule has 4 heteroatoms. The van der Waals surface area contributed by atoms with Crippen molar-refractivity contribution in [3.05, 3.63) is 0 Å². The second kappa shape index (κ2) is 6.33. The molecule has 1 aliphatic carbocycles. The lowest BCUT2D eigenvalue weighted by molar-refractivity contribution is 0.0408. The van der Waals surface area contributed by atoms with Gasteiger partial charge in [0.1, 0.15) is 5.60 Å². The van der Waals surface area contributed by atoms with Gasteiger partial charge in [0.05, 0.1) is 0 Å². The summed E-state index contributed by atoms with van der Waals surface area (Å²) in [7, 11) is 0. The molecule has 0 saturated heterocycles. The molecule has 0 radical (unpaired) electrons. The Balaban J connectivity index is 2.66. The quantitative estimate of drug-likeness (QED) is 0.826. The normalized spacial score (nSPS) is 19.5. The second-order valence-corrected chi connectivity index (χ2v) is 7.96. The topological polar surface area (TPSA) is 64.3 Å². The molecular weight excluding hydrogens is 252 g/mol. The summed E-state index contributed by atoms with van der Waals surface area (Å²) in [5.74, 6) is 0. The fourth-order valence-corrected chi connectivity index (χ4v) is 2.75. The highest BCUT2D eigenvalue weighted by Crippen LogP contribution is 2.33. The SMILES string of the molecule is CC(C)(N)CCC1(NC(=O)OC(C)(C)C)CCCCC1. The molecule has 20 heavy (non-hydrogen) atoms. The van der Waals surface area contributed by atoms with Crippen molar-refractivity contribution in [3.63, 3.8) is 0 Å². The number of nitrogens with two attached hydrogens (primary N) is 1. The molecule has 0 atom stereocenters. The number of carbonyl (C=O) groups is 1. The molecule has 0 heterocycles. The van der Waals surface area contributed by atoms with E-state index in [1.807, 2.05) is 34.6 Å². The molecule has 1 saturated carbocycles.